The van der Waals surface area contributed by atoms with Crippen LogP contribution in [0.3, 0.4) is 0 Å². The maximum Gasteiger partial charge on any atom is 0.0642 e. The number of halogens is 2. The number of anilines is 1. The Kier molecular flexibility index (Phi) is 4.26. The summed E-state index contributed by atoms with van der Waals surface area (Å²) in [5.41, 5.74) is 6.84. The summed E-state index contributed by atoms with van der Waals surface area (Å²) in [6.07, 6.45) is 4.23. The first-order chi connectivity index (χ1) is 6.65. The molecule has 0 unspecified atom stereocenters. The van der Waals surface area contributed by atoms with Crippen LogP contribution in [-0.2, 0) is 0 Å². The summed E-state index contributed by atoms with van der Waals surface area (Å²) in [5, 5.41) is 9.62. The van der Waals surface area contributed by atoms with Gasteiger partial charge in [0.15, 0.2) is 0 Å². The van der Waals surface area contributed by atoms with Gasteiger partial charge in [-0.3, -0.25) is 0 Å². The summed E-state index contributed by atoms with van der Waals surface area (Å²) in [6, 6.07) is 3.32. The second-order valence-corrected chi connectivity index (χ2v) is 3.62. The third kappa shape index (κ3) is 2.91. The average Bonchev–Trinajstić information content (AvgIpc) is 2.14. The molecule has 0 aliphatic rings. The molecule has 0 saturated heterocycles. The van der Waals surface area contributed by atoms with Crippen molar-refractivity contribution >= 4 is 35.0 Å². The van der Waals surface area contributed by atoms with E-state index in [-0.39, 0.29) is 6.61 Å². The van der Waals surface area contributed by atoms with Crippen molar-refractivity contribution in [1.29, 1.82) is 0 Å². The van der Waals surface area contributed by atoms with Gasteiger partial charge >= 0.3 is 0 Å². The maximum atomic E-state index is 8.58. The third-order valence-corrected chi connectivity index (χ3v) is 2.36. The Morgan fingerprint density at radius 1 is 1.29 bits per heavy atom. The SMILES string of the molecule is Nc1cc(Cl)c(C=CCCO)cc1Cl. The van der Waals surface area contributed by atoms with Gasteiger partial charge in [-0.1, -0.05) is 35.4 Å². The van der Waals surface area contributed by atoms with Crippen LogP contribution < -0.4 is 5.73 Å². The number of aliphatic hydroxyl groups is 1. The van der Waals surface area contributed by atoms with Crippen molar-refractivity contribution in [1.82, 2.24) is 0 Å². The van der Waals surface area contributed by atoms with Crippen LogP contribution in [0.4, 0.5) is 5.69 Å². The highest BCUT2D eigenvalue weighted by molar-refractivity contribution is 6.36. The predicted molar refractivity (Wildman–Crippen MR) is 61.6 cm³/mol. The summed E-state index contributed by atoms with van der Waals surface area (Å²) in [5.74, 6) is 0. The number of nitrogens with two attached hydrogens (primary N) is 1. The molecule has 0 fully saturated rings. The van der Waals surface area contributed by atoms with E-state index < -0.39 is 0 Å². The van der Waals surface area contributed by atoms with Crippen LogP contribution in [0.5, 0.6) is 0 Å². The van der Waals surface area contributed by atoms with Gasteiger partial charge in [0.2, 0.25) is 0 Å². The first-order valence-corrected chi connectivity index (χ1v) is 4.92. The molecule has 0 bridgehead atoms. The van der Waals surface area contributed by atoms with Crippen LogP contribution in [0.2, 0.25) is 10.0 Å². The Bertz CT molecular complexity index is 350. The van der Waals surface area contributed by atoms with Crippen LogP contribution in [0, 0.1) is 0 Å². The second kappa shape index (κ2) is 5.25. The maximum absolute atomic E-state index is 8.58. The monoisotopic (exact) mass is 231 g/mol. The van der Waals surface area contributed by atoms with E-state index in [0.717, 1.165) is 5.56 Å². The molecule has 3 N–H and O–H groups in total. The Morgan fingerprint density at radius 2 is 2.00 bits per heavy atom. The first-order valence-electron chi connectivity index (χ1n) is 4.17. The topological polar surface area (TPSA) is 46.2 Å². The van der Waals surface area contributed by atoms with E-state index in [4.69, 9.17) is 34.0 Å². The van der Waals surface area contributed by atoms with E-state index in [9.17, 15) is 0 Å². The molecule has 1 aromatic rings. The van der Waals surface area contributed by atoms with Gasteiger partial charge in [0.05, 0.1) is 10.7 Å². The molecule has 76 valence electrons. The van der Waals surface area contributed by atoms with Crippen LogP contribution >= 0.6 is 23.2 Å². The minimum absolute atomic E-state index is 0.122. The van der Waals surface area contributed by atoms with E-state index in [2.05, 4.69) is 0 Å². The molecule has 14 heavy (non-hydrogen) atoms. The molecule has 0 atom stereocenters. The highest BCUT2D eigenvalue weighted by Crippen LogP contribution is 2.27. The van der Waals surface area contributed by atoms with Crippen molar-refractivity contribution in [2.45, 2.75) is 6.42 Å². The molecule has 1 aromatic carbocycles. The van der Waals surface area contributed by atoms with Gasteiger partial charge in [0.25, 0.3) is 0 Å². The lowest BCUT2D eigenvalue weighted by Gasteiger charge is -2.02. The van der Waals surface area contributed by atoms with Crippen molar-refractivity contribution in [3.8, 4) is 0 Å². The first kappa shape index (κ1) is 11.4. The fourth-order valence-corrected chi connectivity index (χ4v) is 1.40. The highest BCUT2D eigenvalue weighted by atomic mass is 35.5. The molecule has 0 aliphatic carbocycles. The van der Waals surface area contributed by atoms with Gasteiger partial charge in [-0.2, -0.15) is 0 Å². The average molecular weight is 232 g/mol. The summed E-state index contributed by atoms with van der Waals surface area (Å²) in [4.78, 5) is 0. The lowest BCUT2D eigenvalue weighted by Crippen LogP contribution is -1.87. The quantitative estimate of drug-likeness (QED) is 0.787. The molecular formula is C10H11Cl2NO. The molecule has 0 aromatic heterocycles. The highest BCUT2D eigenvalue weighted by Gasteiger charge is 2.01. The number of nitrogen functional groups attached to an aromatic ring is 1. The molecule has 0 spiro atoms. The molecule has 1 rings (SSSR count). The van der Waals surface area contributed by atoms with E-state index in [1.54, 1.807) is 12.1 Å². The van der Waals surface area contributed by atoms with Gasteiger partial charge in [0.1, 0.15) is 0 Å². The van der Waals surface area contributed by atoms with Crippen LogP contribution in [0.1, 0.15) is 12.0 Å². The zero-order valence-electron chi connectivity index (χ0n) is 7.50. The number of rotatable bonds is 3. The minimum Gasteiger partial charge on any atom is -0.397 e. The molecule has 0 aliphatic heterocycles. The van der Waals surface area contributed by atoms with Gasteiger partial charge < -0.3 is 10.8 Å². The Morgan fingerprint density at radius 3 is 2.64 bits per heavy atom. The van der Waals surface area contributed by atoms with E-state index >= 15 is 0 Å². The number of hydrogen-bond donors (Lipinski definition) is 2. The lowest BCUT2D eigenvalue weighted by atomic mass is 10.2. The fraction of sp³-hybridized carbons (Fsp3) is 0.200. The van der Waals surface area contributed by atoms with Crippen LogP contribution in [0.25, 0.3) is 6.08 Å². The smallest absolute Gasteiger partial charge is 0.0642 e. The van der Waals surface area contributed by atoms with Crippen LogP contribution in [-0.4, -0.2) is 11.7 Å². The van der Waals surface area contributed by atoms with E-state index in [1.807, 2.05) is 12.2 Å². The molecule has 2 nitrogen and oxygen atoms in total. The third-order valence-electron chi connectivity index (χ3n) is 1.71. The zero-order chi connectivity index (χ0) is 10.6. The standard InChI is InChI=1S/C10H11Cl2NO/c11-8-6-10(13)9(12)5-7(8)3-1-2-4-14/h1,3,5-6,14H,2,4,13H2. The molecular weight excluding hydrogens is 221 g/mol. The van der Waals surface area contributed by atoms with E-state index in [0.29, 0.717) is 22.2 Å². The number of hydrogen-bond acceptors (Lipinski definition) is 2. The molecule has 0 saturated carbocycles. The second-order valence-electron chi connectivity index (χ2n) is 2.81. The van der Waals surface area contributed by atoms with Crippen molar-refractivity contribution in [3.63, 3.8) is 0 Å². The zero-order valence-corrected chi connectivity index (χ0v) is 9.02. The molecule has 4 heteroatoms. The summed E-state index contributed by atoms with van der Waals surface area (Å²) in [6.45, 7) is 0.122. The fourth-order valence-electron chi connectivity index (χ4n) is 0.990. The Balaban J connectivity index is 2.92. The molecule has 0 amide bonds. The summed E-state index contributed by atoms with van der Waals surface area (Å²) >= 11 is 11.8. The summed E-state index contributed by atoms with van der Waals surface area (Å²) < 4.78 is 0. The van der Waals surface area contributed by atoms with Gasteiger partial charge in [-0.15, -0.1) is 0 Å². The van der Waals surface area contributed by atoms with Crippen molar-refractivity contribution < 1.29 is 5.11 Å². The predicted octanol–water partition coefficient (Wildman–Crippen LogP) is 2.97. The van der Waals surface area contributed by atoms with Crippen molar-refractivity contribution in [2.75, 3.05) is 12.3 Å². The number of benzene rings is 1. The normalized spacial score (nSPS) is 11.1. The lowest BCUT2D eigenvalue weighted by molar-refractivity contribution is 0.303. The van der Waals surface area contributed by atoms with Crippen molar-refractivity contribution in [2.24, 2.45) is 0 Å². The minimum atomic E-state index is 0.122. The van der Waals surface area contributed by atoms with Crippen LogP contribution in [0.15, 0.2) is 18.2 Å². The Hall–Kier alpha value is -0.700. The largest absolute Gasteiger partial charge is 0.397 e. The molecule has 0 radical (unpaired) electrons. The van der Waals surface area contributed by atoms with E-state index in [1.165, 1.54) is 0 Å². The van der Waals surface area contributed by atoms with Crippen molar-refractivity contribution in [3.05, 3.63) is 33.8 Å². The van der Waals surface area contributed by atoms with Gasteiger partial charge in [0, 0.05) is 11.6 Å². The van der Waals surface area contributed by atoms with Gasteiger partial charge in [-0.05, 0) is 24.1 Å². The summed E-state index contributed by atoms with van der Waals surface area (Å²) in [7, 11) is 0. The Labute approximate surface area is 92.9 Å². The van der Waals surface area contributed by atoms with Gasteiger partial charge in [-0.25, -0.2) is 0 Å². The molecule has 0 heterocycles. The number of aliphatic hydroxyl groups excluding tert-OH is 1.